The Labute approximate surface area is 158 Å². The highest BCUT2D eigenvalue weighted by Gasteiger charge is 2.13. The Morgan fingerprint density at radius 1 is 0.852 bits per heavy atom. The minimum absolute atomic E-state index is 0.0935. The first-order valence-corrected chi connectivity index (χ1v) is 8.80. The van der Waals surface area contributed by atoms with Crippen molar-refractivity contribution in [3.8, 4) is 0 Å². The van der Waals surface area contributed by atoms with E-state index in [0.717, 1.165) is 18.9 Å². The van der Waals surface area contributed by atoms with Crippen molar-refractivity contribution in [2.24, 2.45) is 0 Å². The lowest BCUT2D eigenvalue weighted by Crippen LogP contribution is -2.20. The van der Waals surface area contributed by atoms with Gasteiger partial charge in [0.05, 0.1) is 25.9 Å². The second-order valence-electron chi connectivity index (χ2n) is 5.34. The highest BCUT2D eigenvalue weighted by atomic mass is 16.7. The maximum absolute atomic E-state index is 11.5. The summed E-state index contributed by atoms with van der Waals surface area (Å²) < 4.78 is 24.5. The van der Waals surface area contributed by atoms with Gasteiger partial charge in [0.2, 0.25) is 0 Å². The van der Waals surface area contributed by atoms with Crippen molar-refractivity contribution in [3.05, 3.63) is 12.7 Å². The second-order valence-corrected chi connectivity index (χ2v) is 5.34. The monoisotopic (exact) mass is 388 g/mol. The van der Waals surface area contributed by atoms with Gasteiger partial charge < -0.3 is 23.7 Å². The first-order chi connectivity index (χ1) is 12.9. The molecule has 0 heterocycles. The average Bonchev–Trinajstić information content (AvgIpc) is 2.63. The normalized spacial score (nSPS) is 11.2. The minimum Gasteiger partial charge on any atom is -0.465 e. The zero-order valence-electron chi connectivity index (χ0n) is 15.9. The Bertz CT molecular complexity index is 487. The number of carbonyl (C=O) groups is 4. The molecule has 0 aliphatic carbocycles. The molecule has 1 atom stereocenters. The molecule has 1 unspecified atom stereocenters. The zero-order chi connectivity index (χ0) is 20.5. The van der Waals surface area contributed by atoms with Gasteiger partial charge in [0.1, 0.15) is 19.8 Å². The van der Waals surface area contributed by atoms with Crippen LogP contribution in [0.4, 0.5) is 0 Å². The Kier molecular flexibility index (Phi) is 14.4. The molecule has 0 aliphatic rings. The van der Waals surface area contributed by atoms with Crippen molar-refractivity contribution >= 4 is 23.9 Å². The lowest BCUT2D eigenvalue weighted by Gasteiger charge is -2.13. The Hall–Kier alpha value is -2.42. The number of hydrogen-bond acceptors (Lipinski definition) is 9. The van der Waals surface area contributed by atoms with E-state index in [9.17, 15) is 19.2 Å². The molecule has 0 bridgehead atoms. The van der Waals surface area contributed by atoms with E-state index in [2.05, 4.69) is 11.3 Å². The molecule has 0 radical (unpaired) electrons. The standard InChI is InChI=1S/C18H28O9/c1-4-6-10-23-14(3)27-18(22)9-11-24-16(20)7-8-17(21)26-13-12-25-15(19)5-2/h5,14H,2,4,6-13H2,1,3H3. The predicted molar refractivity (Wildman–Crippen MR) is 93.3 cm³/mol. The fourth-order valence-electron chi connectivity index (χ4n) is 1.63. The van der Waals surface area contributed by atoms with Crippen molar-refractivity contribution in [1.29, 1.82) is 0 Å². The number of ether oxygens (including phenoxy) is 5. The van der Waals surface area contributed by atoms with Gasteiger partial charge in [0.25, 0.3) is 0 Å². The average molecular weight is 388 g/mol. The fourth-order valence-corrected chi connectivity index (χ4v) is 1.63. The van der Waals surface area contributed by atoms with Gasteiger partial charge in [0.15, 0.2) is 6.29 Å². The summed E-state index contributed by atoms with van der Waals surface area (Å²) in [6, 6.07) is 0. The van der Waals surface area contributed by atoms with Crippen LogP contribution in [-0.4, -0.2) is 56.6 Å². The van der Waals surface area contributed by atoms with Crippen LogP contribution in [-0.2, 0) is 42.9 Å². The highest BCUT2D eigenvalue weighted by molar-refractivity contribution is 5.81. The smallest absolute Gasteiger partial charge is 0.330 e. The zero-order valence-corrected chi connectivity index (χ0v) is 15.9. The number of unbranched alkanes of at least 4 members (excludes halogenated alkanes) is 1. The molecule has 9 nitrogen and oxygen atoms in total. The van der Waals surface area contributed by atoms with E-state index in [1.165, 1.54) is 0 Å². The van der Waals surface area contributed by atoms with Gasteiger partial charge in [-0.05, 0) is 13.3 Å². The van der Waals surface area contributed by atoms with Crippen LogP contribution < -0.4 is 0 Å². The van der Waals surface area contributed by atoms with Crippen LogP contribution in [0, 0.1) is 0 Å². The molecule has 0 N–H and O–H groups in total. The third kappa shape index (κ3) is 15.5. The second kappa shape index (κ2) is 15.8. The van der Waals surface area contributed by atoms with E-state index in [1.807, 2.05) is 6.92 Å². The van der Waals surface area contributed by atoms with E-state index in [0.29, 0.717) is 6.61 Å². The van der Waals surface area contributed by atoms with Crippen molar-refractivity contribution in [2.75, 3.05) is 26.4 Å². The summed E-state index contributed by atoms with van der Waals surface area (Å²) in [5.41, 5.74) is 0. The third-order valence-corrected chi connectivity index (χ3v) is 3.01. The molecule has 0 rings (SSSR count). The Morgan fingerprint density at radius 2 is 1.44 bits per heavy atom. The quantitative estimate of drug-likeness (QED) is 0.136. The topological polar surface area (TPSA) is 114 Å². The number of hydrogen-bond donors (Lipinski definition) is 0. The van der Waals surface area contributed by atoms with Crippen LogP contribution >= 0.6 is 0 Å². The van der Waals surface area contributed by atoms with E-state index in [-0.39, 0.29) is 39.1 Å². The van der Waals surface area contributed by atoms with E-state index < -0.39 is 30.2 Å². The summed E-state index contributed by atoms with van der Waals surface area (Å²) in [5, 5.41) is 0. The summed E-state index contributed by atoms with van der Waals surface area (Å²) in [5.74, 6) is -2.42. The fraction of sp³-hybridized carbons (Fsp3) is 0.667. The van der Waals surface area contributed by atoms with Crippen LogP contribution in [0.3, 0.4) is 0 Å². The molecule has 0 amide bonds. The van der Waals surface area contributed by atoms with Crippen LogP contribution in [0.5, 0.6) is 0 Å². The molecule has 0 saturated heterocycles. The van der Waals surface area contributed by atoms with E-state index in [1.54, 1.807) is 6.92 Å². The number of rotatable bonds is 15. The molecule has 0 aliphatic heterocycles. The van der Waals surface area contributed by atoms with Crippen LogP contribution in [0.1, 0.15) is 46.0 Å². The molecule has 9 heteroatoms. The molecule has 27 heavy (non-hydrogen) atoms. The first kappa shape index (κ1) is 24.6. The molecular formula is C18H28O9. The third-order valence-electron chi connectivity index (χ3n) is 3.01. The largest absolute Gasteiger partial charge is 0.465 e. The molecule has 0 aromatic heterocycles. The van der Waals surface area contributed by atoms with Gasteiger partial charge in [0, 0.05) is 6.08 Å². The Balaban J connectivity index is 3.70. The lowest BCUT2D eigenvalue weighted by atomic mass is 10.3. The number of esters is 4. The van der Waals surface area contributed by atoms with E-state index in [4.69, 9.17) is 18.9 Å². The minimum atomic E-state index is -0.653. The molecule has 0 aromatic carbocycles. The van der Waals surface area contributed by atoms with Crippen molar-refractivity contribution in [2.45, 2.75) is 52.2 Å². The van der Waals surface area contributed by atoms with Crippen molar-refractivity contribution in [1.82, 2.24) is 0 Å². The summed E-state index contributed by atoms with van der Waals surface area (Å²) in [4.78, 5) is 45.2. The van der Waals surface area contributed by atoms with Crippen LogP contribution in [0.25, 0.3) is 0 Å². The maximum Gasteiger partial charge on any atom is 0.330 e. The first-order valence-electron chi connectivity index (χ1n) is 8.80. The van der Waals surface area contributed by atoms with Gasteiger partial charge in [-0.3, -0.25) is 14.4 Å². The van der Waals surface area contributed by atoms with Gasteiger partial charge in [-0.15, -0.1) is 0 Å². The highest BCUT2D eigenvalue weighted by Crippen LogP contribution is 2.01. The molecule has 0 saturated carbocycles. The summed E-state index contributed by atoms with van der Waals surface area (Å²) >= 11 is 0. The van der Waals surface area contributed by atoms with Crippen molar-refractivity contribution < 1.29 is 42.9 Å². The van der Waals surface area contributed by atoms with Gasteiger partial charge in [-0.25, -0.2) is 4.79 Å². The Morgan fingerprint density at radius 3 is 2.04 bits per heavy atom. The predicted octanol–water partition coefficient (Wildman–Crippen LogP) is 1.68. The van der Waals surface area contributed by atoms with Gasteiger partial charge in [-0.1, -0.05) is 19.9 Å². The summed E-state index contributed by atoms with van der Waals surface area (Å²) in [7, 11) is 0. The SMILES string of the molecule is C=CC(=O)OCCOC(=O)CCC(=O)OCCC(=O)OC(C)OCCCC. The maximum atomic E-state index is 11.5. The molecule has 0 aromatic rings. The molecule has 0 fully saturated rings. The van der Waals surface area contributed by atoms with Gasteiger partial charge in [-0.2, -0.15) is 0 Å². The molecule has 154 valence electrons. The number of carbonyl (C=O) groups excluding carboxylic acids is 4. The molecule has 0 spiro atoms. The lowest BCUT2D eigenvalue weighted by molar-refractivity contribution is -0.176. The summed E-state index contributed by atoms with van der Waals surface area (Å²) in [6.07, 6.45) is 1.73. The summed E-state index contributed by atoms with van der Waals surface area (Å²) in [6.45, 7) is 7.01. The van der Waals surface area contributed by atoms with E-state index >= 15 is 0 Å². The van der Waals surface area contributed by atoms with Crippen LogP contribution in [0.15, 0.2) is 12.7 Å². The van der Waals surface area contributed by atoms with Gasteiger partial charge >= 0.3 is 23.9 Å². The van der Waals surface area contributed by atoms with Crippen molar-refractivity contribution in [3.63, 3.8) is 0 Å². The molecular weight excluding hydrogens is 360 g/mol. The van der Waals surface area contributed by atoms with Crippen LogP contribution in [0.2, 0.25) is 0 Å².